The Morgan fingerprint density at radius 3 is 2.58 bits per heavy atom. The third kappa shape index (κ3) is 3.05. The minimum Gasteiger partial charge on any atom is -0.351 e. The van der Waals surface area contributed by atoms with E-state index < -0.39 is 0 Å². The molecule has 0 saturated heterocycles. The fraction of sp³-hybridized carbons (Fsp3) is 0.450. The molecule has 1 fully saturated rings. The molecule has 4 heteroatoms. The molecule has 2 aliphatic rings. The van der Waals surface area contributed by atoms with Gasteiger partial charge in [-0.15, -0.1) is 0 Å². The molecule has 4 rings (SSSR count). The number of nitrogens with zero attached hydrogens (tertiary/aromatic N) is 2. The number of aryl methyl sites for hydroxylation is 1. The lowest BCUT2D eigenvalue weighted by atomic mass is 9.82. The molecule has 0 bridgehead atoms. The Hall–Kier alpha value is -2.23. The number of aromatic nitrogens is 2. The van der Waals surface area contributed by atoms with E-state index >= 15 is 0 Å². The smallest absolute Gasteiger partial charge is 0.223 e. The maximum absolute atomic E-state index is 12.5. The van der Waals surface area contributed by atoms with E-state index in [9.17, 15) is 4.79 Å². The van der Waals surface area contributed by atoms with Crippen LogP contribution in [0.5, 0.6) is 0 Å². The van der Waals surface area contributed by atoms with E-state index in [4.69, 9.17) is 0 Å². The van der Waals surface area contributed by atoms with Gasteiger partial charge in [0.1, 0.15) is 0 Å². The number of rotatable bonds is 3. The summed E-state index contributed by atoms with van der Waals surface area (Å²) in [6, 6.07) is 8.98. The molecule has 24 heavy (non-hydrogen) atoms. The summed E-state index contributed by atoms with van der Waals surface area (Å²) >= 11 is 0. The van der Waals surface area contributed by atoms with Crippen LogP contribution in [0, 0.1) is 6.92 Å². The molecule has 1 aromatic heterocycles. The number of hydrogen-bond acceptors (Lipinski definition) is 4. The fourth-order valence-electron chi connectivity index (χ4n) is 3.84. The van der Waals surface area contributed by atoms with E-state index in [-0.39, 0.29) is 11.7 Å². The van der Waals surface area contributed by atoms with Gasteiger partial charge in [-0.3, -0.25) is 4.79 Å². The summed E-state index contributed by atoms with van der Waals surface area (Å²) in [4.78, 5) is 21.5. The highest BCUT2D eigenvalue weighted by atomic mass is 16.1. The predicted octanol–water partition coefficient (Wildman–Crippen LogP) is 4.05. The Labute approximate surface area is 142 Å². The van der Waals surface area contributed by atoms with Crippen molar-refractivity contribution in [1.82, 2.24) is 9.97 Å². The molecule has 4 nitrogen and oxygen atoms in total. The van der Waals surface area contributed by atoms with Crippen LogP contribution in [-0.4, -0.2) is 21.8 Å². The van der Waals surface area contributed by atoms with E-state index in [2.05, 4.69) is 46.5 Å². The number of carbonyl (C=O) groups is 1. The average molecular weight is 321 g/mol. The lowest BCUT2D eigenvalue weighted by Gasteiger charge is -2.24. The zero-order valence-corrected chi connectivity index (χ0v) is 14.1. The van der Waals surface area contributed by atoms with E-state index in [1.807, 2.05) is 0 Å². The number of anilines is 1. The van der Waals surface area contributed by atoms with Crippen LogP contribution < -0.4 is 5.32 Å². The Morgan fingerprint density at radius 2 is 1.83 bits per heavy atom. The second-order valence-electron chi connectivity index (χ2n) is 7.12. The second kappa shape index (κ2) is 6.34. The zero-order valence-electron chi connectivity index (χ0n) is 14.1. The largest absolute Gasteiger partial charge is 0.351 e. The van der Waals surface area contributed by atoms with Crippen LogP contribution in [0.2, 0.25) is 0 Å². The number of Topliss-reactive ketones (excluding diaryl/α,β-unsaturated/α-hetero) is 1. The van der Waals surface area contributed by atoms with Crippen LogP contribution >= 0.6 is 0 Å². The van der Waals surface area contributed by atoms with Crippen molar-refractivity contribution in [2.24, 2.45) is 0 Å². The summed E-state index contributed by atoms with van der Waals surface area (Å²) in [7, 11) is 0. The summed E-state index contributed by atoms with van der Waals surface area (Å²) in [5, 5.41) is 3.43. The summed E-state index contributed by atoms with van der Waals surface area (Å²) in [5.74, 6) is 1.06. The van der Waals surface area contributed by atoms with Gasteiger partial charge in [0.2, 0.25) is 5.95 Å². The summed E-state index contributed by atoms with van der Waals surface area (Å²) in [5.41, 5.74) is 4.07. The Balaban J connectivity index is 1.57. The molecule has 0 amide bonds. The van der Waals surface area contributed by atoms with Gasteiger partial charge in [0, 0.05) is 18.7 Å². The first kappa shape index (κ1) is 15.3. The van der Waals surface area contributed by atoms with Crippen molar-refractivity contribution in [3.8, 4) is 0 Å². The SMILES string of the molecule is Cc1ccc([C@@H]2CC(=O)c3cnc(NC4CCCC4)nc3C2)cc1. The van der Waals surface area contributed by atoms with Gasteiger partial charge in [0.25, 0.3) is 0 Å². The first-order chi connectivity index (χ1) is 11.7. The van der Waals surface area contributed by atoms with Crippen molar-refractivity contribution >= 4 is 11.7 Å². The van der Waals surface area contributed by atoms with Gasteiger partial charge in [0.15, 0.2) is 5.78 Å². The van der Waals surface area contributed by atoms with Crippen molar-refractivity contribution in [3.05, 3.63) is 52.8 Å². The van der Waals surface area contributed by atoms with E-state index in [0.717, 1.165) is 12.1 Å². The van der Waals surface area contributed by atoms with Crippen LogP contribution in [-0.2, 0) is 6.42 Å². The quantitative estimate of drug-likeness (QED) is 0.926. The first-order valence-corrected chi connectivity index (χ1v) is 8.91. The van der Waals surface area contributed by atoms with Gasteiger partial charge < -0.3 is 5.32 Å². The van der Waals surface area contributed by atoms with Crippen molar-refractivity contribution in [2.75, 3.05) is 5.32 Å². The van der Waals surface area contributed by atoms with Gasteiger partial charge in [0.05, 0.1) is 11.3 Å². The van der Waals surface area contributed by atoms with E-state index in [1.54, 1.807) is 6.20 Å². The molecule has 0 aliphatic heterocycles. The summed E-state index contributed by atoms with van der Waals surface area (Å²) < 4.78 is 0. The Morgan fingerprint density at radius 1 is 1.08 bits per heavy atom. The Kier molecular flexibility index (Phi) is 4.05. The second-order valence-corrected chi connectivity index (χ2v) is 7.12. The minimum absolute atomic E-state index is 0.161. The van der Waals surface area contributed by atoms with Gasteiger partial charge in [-0.25, -0.2) is 9.97 Å². The number of fused-ring (bicyclic) bond motifs is 1. The lowest BCUT2D eigenvalue weighted by Crippen LogP contribution is -2.23. The Bertz CT molecular complexity index is 748. The first-order valence-electron chi connectivity index (χ1n) is 8.91. The van der Waals surface area contributed by atoms with Crippen LogP contribution in [0.1, 0.15) is 65.2 Å². The molecule has 0 radical (unpaired) electrons. The van der Waals surface area contributed by atoms with Crippen LogP contribution in [0.25, 0.3) is 0 Å². The third-order valence-corrected chi connectivity index (χ3v) is 5.28. The van der Waals surface area contributed by atoms with E-state index in [0.29, 0.717) is 24.0 Å². The maximum Gasteiger partial charge on any atom is 0.223 e. The van der Waals surface area contributed by atoms with Gasteiger partial charge >= 0.3 is 0 Å². The number of benzene rings is 1. The average Bonchev–Trinajstić information content (AvgIpc) is 3.08. The molecule has 2 aliphatic carbocycles. The minimum atomic E-state index is 0.161. The van der Waals surface area contributed by atoms with Crippen molar-refractivity contribution in [3.63, 3.8) is 0 Å². The lowest BCUT2D eigenvalue weighted by molar-refractivity contribution is 0.0962. The highest BCUT2D eigenvalue weighted by Crippen LogP contribution is 2.32. The maximum atomic E-state index is 12.5. The molecular formula is C20H23N3O. The van der Waals surface area contributed by atoms with Crippen LogP contribution in [0.15, 0.2) is 30.5 Å². The number of ketones is 1. The van der Waals surface area contributed by atoms with Crippen molar-refractivity contribution in [2.45, 2.75) is 57.4 Å². The van der Waals surface area contributed by atoms with Crippen molar-refractivity contribution < 1.29 is 4.79 Å². The van der Waals surface area contributed by atoms with Gasteiger partial charge in [-0.1, -0.05) is 42.7 Å². The topological polar surface area (TPSA) is 54.9 Å². The molecule has 0 unspecified atom stereocenters. The molecule has 0 spiro atoms. The molecule has 124 valence electrons. The molecule has 2 aromatic rings. The normalized spacial score (nSPS) is 20.9. The summed E-state index contributed by atoms with van der Waals surface area (Å²) in [6.07, 6.45) is 8.00. The third-order valence-electron chi connectivity index (χ3n) is 5.28. The molecular weight excluding hydrogens is 298 g/mol. The fourth-order valence-corrected chi connectivity index (χ4v) is 3.84. The molecule has 1 saturated carbocycles. The molecule has 1 aromatic carbocycles. The number of nitrogens with one attached hydrogen (secondary N) is 1. The molecule has 1 N–H and O–H groups in total. The monoisotopic (exact) mass is 321 g/mol. The molecule has 1 heterocycles. The standard InChI is InChI=1S/C20H23N3O/c1-13-6-8-14(9-7-13)15-10-18-17(19(24)11-15)12-21-20(23-18)22-16-4-2-3-5-16/h6-9,12,15-16H,2-5,10-11H2,1H3,(H,21,22,23)/t15-/m0/s1. The zero-order chi connectivity index (χ0) is 16.5. The molecule has 1 atom stereocenters. The van der Waals surface area contributed by atoms with Crippen molar-refractivity contribution in [1.29, 1.82) is 0 Å². The number of hydrogen-bond donors (Lipinski definition) is 1. The highest BCUT2D eigenvalue weighted by molar-refractivity contribution is 5.98. The highest BCUT2D eigenvalue weighted by Gasteiger charge is 2.28. The van der Waals surface area contributed by atoms with E-state index in [1.165, 1.54) is 36.8 Å². The predicted molar refractivity (Wildman–Crippen MR) is 94.5 cm³/mol. The van der Waals surface area contributed by atoms with Gasteiger partial charge in [-0.05, 0) is 37.7 Å². The summed E-state index contributed by atoms with van der Waals surface area (Å²) in [6.45, 7) is 2.08. The van der Waals surface area contributed by atoms with Gasteiger partial charge in [-0.2, -0.15) is 0 Å². The number of carbonyl (C=O) groups excluding carboxylic acids is 1. The van der Waals surface area contributed by atoms with Crippen LogP contribution in [0.3, 0.4) is 0 Å². The van der Waals surface area contributed by atoms with Crippen LogP contribution in [0.4, 0.5) is 5.95 Å².